The lowest BCUT2D eigenvalue weighted by atomic mass is 10.2. The molecule has 0 radical (unpaired) electrons. The lowest BCUT2D eigenvalue weighted by Gasteiger charge is -2.17. The number of nitrogens with zero attached hydrogens (tertiary/aromatic N) is 3. The van der Waals surface area contributed by atoms with Crippen molar-refractivity contribution in [1.29, 1.82) is 0 Å². The number of hydrogen-bond acceptors (Lipinski definition) is 7. The first-order chi connectivity index (χ1) is 10.1. The van der Waals surface area contributed by atoms with Crippen LogP contribution in [0.5, 0.6) is 11.5 Å². The molecule has 3 N–H and O–H groups in total. The van der Waals surface area contributed by atoms with Crippen molar-refractivity contribution in [3.63, 3.8) is 0 Å². The Morgan fingerprint density at radius 1 is 1.24 bits per heavy atom. The molecule has 1 fully saturated rings. The van der Waals surface area contributed by atoms with Crippen molar-refractivity contribution in [2.45, 2.75) is 12.5 Å². The Labute approximate surface area is 122 Å². The zero-order chi connectivity index (χ0) is 15.0. The van der Waals surface area contributed by atoms with Crippen LogP contribution in [0, 0.1) is 0 Å². The minimum atomic E-state index is -0.337. The van der Waals surface area contributed by atoms with Gasteiger partial charge in [-0.3, -0.25) is 0 Å². The summed E-state index contributed by atoms with van der Waals surface area (Å²) in [7, 11) is 3.15. The van der Waals surface area contributed by atoms with E-state index in [0.29, 0.717) is 41.7 Å². The third kappa shape index (κ3) is 2.40. The van der Waals surface area contributed by atoms with Gasteiger partial charge < -0.3 is 25.2 Å². The Balaban J connectivity index is 2.10. The smallest absolute Gasteiger partial charge is 0.227 e. The molecular weight excluding hydrogens is 272 g/mol. The molecule has 0 bridgehead atoms. The van der Waals surface area contributed by atoms with Gasteiger partial charge in [0.2, 0.25) is 5.95 Å². The predicted octanol–water partition coefficient (Wildman–Crippen LogP) is 0.800. The number of aliphatic hydroxyl groups is 1. The van der Waals surface area contributed by atoms with Gasteiger partial charge in [0.05, 0.1) is 25.8 Å². The molecule has 0 amide bonds. The average molecular weight is 290 g/mol. The minimum Gasteiger partial charge on any atom is -0.493 e. The highest BCUT2D eigenvalue weighted by Crippen LogP contribution is 2.34. The van der Waals surface area contributed by atoms with E-state index in [1.807, 2.05) is 4.90 Å². The maximum absolute atomic E-state index is 9.63. The average Bonchev–Trinajstić information content (AvgIpc) is 2.92. The van der Waals surface area contributed by atoms with Gasteiger partial charge in [-0.25, -0.2) is 4.98 Å². The molecule has 1 aromatic carbocycles. The molecule has 7 nitrogen and oxygen atoms in total. The van der Waals surface area contributed by atoms with E-state index >= 15 is 0 Å². The second-order valence-electron chi connectivity index (χ2n) is 5.02. The number of β-amino-alcohol motifs (C(OH)–C–C–N with tert-alkyl or cyclic N) is 1. The fourth-order valence-corrected chi connectivity index (χ4v) is 2.53. The number of benzene rings is 1. The molecular formula is C14H18N4O3. The predicted molar refractivity (Wildman–Crippen MR) is 79.9 cm³/mol. The lowest BCUT2D eigenvalue weighted by molar-refractivity contribution is 0.198. The standard InChI is InChI=1S/C14H18N4O3/c1-20-11-5-9-10(6-12(11)21-2)16-14(17-13(9)15)18-4-3-8(19)7-18/h5-6,8,19H,3-4,7H2,1-2H3,(H2,15,16,17)/t8-/m0/s1. The number of fused-ring (bicyclic) bond motifs is 1. The summed E-state index contributed by atoms with van der Waals surface area (Å²) >= 11 is 0. The van der Waals surface area contributed by atoms with E-state index < -0.39 is 0 Å². The van der Waals surface area contributed by atoms with Gasteiger partial charge in [-0.1, -0.05) is 0 Å². The summed E-state index contributed by atoms with van der Waals surface area (Å²) < 4.78 is 10.6. The van der Waals surface area contributed by atoms with Crippen LogP contribution in [0.4, 0.5) is 11.8 Å². The number of anilines is 2. The molecule has 0 aliphatic carbocycles. The normalized spacial score (nSPS) is 18.2. The van der Waals surface area contributed by atoms with Gasteiger partial charge in [0.1, 0.15) is 5.82 Å². The zero-order valence-electron chi connectivity index (χ0n) is 12.0. The minimum absolute atomic E-state index is 0.337. The van der Waals surface area contributed by atoms with Gasteiger partial charge in [-0.2, -0.15) is 4.98 Å². The van der Waals surface area contributed by atoms with E-state index in [1.54, 1.807) is 26.4 Å². The molecule has 1 atom stereocenters. The molecule has 1 aromatic heterocycles. The first kappa shape index (κ1) is 13.7. The second kappa shape index (κ2) is 5.25. The van der Waals surface area contributed by atoms with Gasteiger partial charge in [-0.15, -0.1) is 0 Å². The number of ether oxygens (including phenoxy) is 2. The van der Waals surface area contributed by atoms with Gasteiger partial charge >= 0.3 is 0 Å². The molecule has 1 saturated heterocycles. The third-order valence-electron chi connectivity index (χ3n) is 3.66. The van der Waals surface area contributed by atoms with E-state index in [0.717, 1.165) is 11.9 Å². The van der Waals surface area contributed by atoms with Crippen LogP contribution in [0.1, 0.15) is 6.42 Å². The highest BCUT2D eigenvalue weighted by molar-refractivity contribution is 5.91. The van der Waals surface area contributed by atoms with Crippen LogP contribution >= 0.6 is 0 Å². The van der Waals surface area contributed by atoms with Crippen molar-refractivity contribution in [2.24, 2.45) is 0 Å². The van der Waals surface area contributed by atoms with Crippen LogP contribution in [0.15, 0.2) is 12.1 Å². The summed E-state index contributed by atoms with van der Waals surface area (Å²) in [5, 5.41) is 10.3. The van der Waals surface area contributed by atoms with Crippen molar-refractivity contribution >= 4 is 22.7 Å². The SMILES string of the molecule is COc1cc2nc(N3CC[C@H](O)C3)nc(N)c2cc1OC. The highest BCUT2D eigenvalue weighted by atomic mass is 16.5. The van der Waals surface area contributed by atoms with E-state index in [-0.39, 0.29) is 6.10 Å². The van der Waals surface area contributed by atoms with E-state index in [9.17, 15) is 5.11 Å². The molecule has 1 aliphatic heterocycles. The largest absolute Gasteiger partial charge is 0.493 e. The number of hydrogen-bond donors (Lipinski definition) is 2. The van der Waals surface area contributed by atoms with Crippen molar-refractivity contribution in [2.75, 3.05) is 37.9 Å². The molecule has 0 unspecified atom stereocenters. The molecule has 1 aliphatic rings. The van der Waals surface area contributed by atoms with Crippen LogP contribution in [-0.4, -0.2) is 48.5 Å². The fourth-order valence-electron chi connectivity index (χ4n) is 2.53. The summed E-state index contributed by atoms with van der Waals surface area (Å²) in [5.74, 6) is 2.10. The number of aromatic nitrogens is 2. The topological polar surface area (TPSA) is 93.7 Å². The number of rotatable bonds is 3. The molecule has 3 rings (SSSR count). The van der Waals surface area contributed by atoms with Crippen LogP contribution < -0.4 is 20.1 Å². The van der Waals surface area contributed by atoms with Crippen molar-refractivity contribution in [3.8, 4) is 11.5 Å². The summed E-state index contributed by atoms with van der Waals surface area (Å²) in [6, 6.07) is 3.55. The lowest BCUT2D eigenvalue weighted by Crippen LogP contribution is -2.23. The van der Waals surface area contributed by atoms with Crippen molar-refractivity contribution in [3.05, 3.63) is 12.1 Å². The molecule has 2 heterocycles. The first-order valence-electron chi connectivity index (χ1n) is 6.74. The van der Waals surface area contributed by atoms with E-state index in [4.69, 9.17) is 15.2 Å². The van der Waals surface area contributed by atoms with Crippen LogP contribution in [0.25, 0.3) is 10.9 Å². The molecule has 0 saturated carbocycles. The first-order valence-corrected chi connectivity index (χ1v) is 6.74. The highest BCUT2D eigenvalue weighted by Gasteiger charge is 2.23. The molecule has 21 heavy (non-hydrogen) atoms. The Morgan fingerprint density at radius 2 is 1.95 bits per heavy atom. The number of nitrogen functional groups attached to an aromatic ring is 1. The molecule has 112 valence electrons. The van der Waals surface area contributed by atoms with Gasteiger partial charge in [0.25, 0.3) is 0 Å². The van der Waals surface area contributed by atoms with E-state index in [2.05, 4.69) is 9.97 Å². The van der Waals surface area contributed by atoms with Crippen molar-refractivity contribution < 1.29 is 14.6 Å². The maximum Gasteiger partial charge on any atom is 0.227 e. The van der Waals surface area contributed by atoms with Gasteiger partial charge in [0.15, 0.2) is 11.5 Å². The number of aliphatic hydroxyl groups excluding tert-OH is 1. The number of nitrogens with two attached hydrogens (primary N) is 1. The Hall–Kier alpha value is -2.28. The quantitative estimate of drug-likeness (QED) is 0.863. The number of methoxy groups -OCH3 is 2. The fraction of sp³-hybridized carbons (Fsp3) is 0.429. The summed E-state index contributed by atoms with van der Waals surface area (Å²) in [5.41, 5.74) is 6.73. The summed E-state index contributed by atoms with van der Waals surface area (Å²) in [6.45, 7) is 1.25. The summed E-state index contributed by atoms with van der Waals surface area (Å²) in [6.07, 6.45) is 0.378. The van der Waals surface area contributed by atoms with Crippen LogP contribution in [0.3, 0.4) is 0 Å². The van der Waals surface area contributed by atoms with Gasteiger partial charge in [0, 0.05) is 24.5 Å². The Morgan fingerprint density at radius 3 is 2.57 bits per heavy atom. The Bertz CT molecular complexity index is 677. The van der Waals surface area contributed by atoms with Gasteiger partial charge in [-0.05, 0) is 12.5 Å². The van der Waals surface area contributed by atoms with Crippen LogP contribution in [0.2, 0.25) is 0 Å². The zero-order valence-corrected chi connectivity index (χ0v) is 12.0. The molecule has 7 heteroatoms. The van der Waals surface area contributed by atoms with Crippen LogP contribution in [-0.2, 0) is 0 Å². The second-order valence-corrected chi connectivity index (χ2v) is 5.02. The maximum atomic E-state index is 9.63. The van der Waals surface area contributed by atoms with E-state index in [1.165, 1.54) is 0 Å². The molecule has 0 spiro atoms. The van der Waals surface area contributed by atoms with Crippen molar-refractivity contribution in [1.82, 2.24) is 9.97 Å². The third-order valence-corrected chi connectivity index (χ3v) is 3.66. The molecule has 2 aromatic rings. The Kier molecular flexibility index (Phi) is 3.42. The summed E-state index contributed by atoms with van der Waals surface area (Å²) in [4.78, 5) is 10.8. The monoisotopic (exact) mass is 290 g/mol.